The van der Waals surface area contributed by atoms with Crippen molar-refractivity contribution in [2.75, 3.05) is 19.0 Å². The Balaban J connectivity index is 2.51. The molecular formula is C13H19NO3. The number of carbonyl (C=O) groups is 1. The molecule has 0 bridgehead atoms. The smallest absolute Gasteiger partial charge is 0.303 e. The molecule has 0 atom stereocenters. The van der Waals surface area contributed by atoms with Crippen LogP contribution in [0.5, 0.6) is 5.75 Å². The summed E-state index contributed by atoms with van der Waals surface area (Å²) >= 11 is 0. The maximum atomic E-state index is 10.4. The van der Waals surface area contributed by atoms with Crippen LogP contribution in [0, 0.1) is 0 Å². The van der Waals surface area contributed by atoms with Crippen LogP contribution >= 0.6 is 0 Å². The van der Waals surface area contributed by atoms with E-state index in [-0.39, 0.29) is 6.42 Å². The van der Waals surface area contributed by atoms with Gasteiger partial charge in [0.1, 0.15) is 5.75 Å². The van der Waals surface area contributed by atoms with Gasteiger partial charge in [-0.2, -0.15) is 0 Å². The zero-order chi connectivity index (χ0) is 12.7. The summed E-state index contributed by atoms with van der Waals surface area (Å²) < 4.78 is 5.24. The fourth-order valence-electron chi connectivity index (χ4n) is 1.64. The standard InChI is InChI=1S/C13H19NO3/c1-3-10-9-11(6-7-12(10)17-2)14-8-4-5-13(15)16/h6-7,9,14H,3-5,8H2,1-2H3,(H,15,16). The number of aliphatic carboxylic acids is 1. The molecule has 0 aliphatic rings. The number of methoxy groups -OCH3 is 1. The van der Waals surface area contributed by atoms with Gasteiger partial charge in [-0.05, 0) is 36.6 Å². The maximum absolute atomic E-state index is 10.4. The van der Waals surface area contributed by atoms with E-state index in [4.69, 9.17) is 9.84 Å². The maximum Gasteiger partial charge on any atom is 0.303 e. The third-order valence-corrected chi connectivity index (χ3v) is 2.56. The van der Waals surface area contributed by atoms with E-state index in [1.165, 1.54) is 0 Å². The highest BCUT2D eigenvalue weighted by Crippen LogP contribution is 2.22. The van der Waals surface area contributed by atoms with Gasteiger partial charge in [-0.25, -0.2) is 0 Å². The van der Waals surface area contributed by atoms with Gasteiger partial charge in [0.25, 0.3) is 0 Å². The highest BCUT2D eigenvalue weighted by molar-refractivity contribution is 5.66. The normalized spacial score (nSPS) is 10.0. The largest absolute Gasteiger partial charge is 0.496 e. The lowest BCUT2D eigenvalue weighted by Gasteiger charge is -2.10. The highest BCUT2D eigenvalue weighted by Gasteiger charge is 2.02. The summed E-state index contributed by atoms with van der Waals surface area (Å²) in [6.07, 6.45) is 1.74. The molecule has 0 saturated carbocycles. The molecule has 0 fully saturated rings. The van der Waals surface area contributed by atoms with Crippen molar-refractivity contribution in [3.05, 3.63) is 23.8 Å². The molecule has 0 saturated heterocycles. The first kappa shape index (κ1) is 13.4. The molecular weight excluding hydrogens is 218 g/mol. The zero-order valence-electron chi connectivity index (χ0n) is 10.3. The Morgan fingerprint density at radius 3 is 2.82 bits per heavy atom. The Hall–Kier alpha value is -1.71. The molecule has 0 heterocycles. The van der Waals surface area contributed by atoms with Gasteiger partial charge in [0.15, 0.2) is 0 Å². The van der Waals surface area contributed by atoms with Crippen LogP contribution in [-0.4, -0.2) is 24.7 Å². The fourth-order valence-corrected chi connectivity index (χ4v) is 1.64. The van der Waals surface area contributed by atoms with Gasteiger partial charge in [-0.15, -0.1) is 0 Å². The number of aryl methyl sites for hydroxylation is 1. The average Bonchev–Trinajstić information content (AvgIpc) is 2.34. The van der Waals surface area contributed by atoms with Crippen molar-refractivity contribution in [2.45, 2.75) is 26.2 Å². The molecule has 4 nitrogen and oxygen atoms in total. The van der Waals surface area contributed by atoms with Crippen molar-refractivity contribution in [3.63, 3.8) is 0 Å². The number of hydrogen-bond donors (Lipinski definition) is 2. The number of rotatable bonds is 7. The second-order valence-corrected chi connectivity index (χ2v) is 3.80. The summed E-state index contributed by atoms with van der Waals surface area (Å²) in [5, 5.41) is 11.7. The Labute approximate surface area is 102 Å². The lowest BCUT2D eigenvalue weighted by Crippen LogP contribution is -2.05. The number of carboxylic acids is 1. The average molecular weight is 237 g/mol. The third-order valence-electron chi connectivity index (χ3n) is 2.56. The first-order valence-corrected chi connectivity index (χ1v) is 5.80. The van der Waals surface area contributed by atoms with Crippen LogP contribution in [0.2, 0.25) is 0 Å². The molecule has 1 aromatic carbocycles. The van der Waals surface area contributed by atoms with E-state index in [0.29, 0.717) is 13.0 Å². The lowest BCUT2D eigenvalue weighted by molar-refractivity contribution is -0.137. The number of ether oxygens (including phenoxy) is 1. The van der Waals surface area contributed by atoms with Crippen molar-refractivity contribution >= 4 is 11.7 Å². The number of carboxylic acid groups (broad SMARTS) is 1. The Morgan fingerprint density at radius 2 is 2.24 bits per heavy atom. The van der Waals surface area contributed by atoms with Gasteiger partial charge >= 0.3 is 5.97 Å². The quantitative estimate of drug-likeness (QED) is 0.715. The highest BCUT2D eigenvalue weighted by atomic mass is 16.5. The summed E-state index contributed by atoms with van der Waals surface area (Å²) in [7, 11) is 1.66. The number of anilines is 1. The lowest BCUT2D eigenvalue weighted by atomic mass is 10.1. The minimum atomic E-state index is -0.754. The van der Waals surface area contributed by atoms with Gasteiger partial charge in [0.2, 0.25) is 0 Å². The molecule has 17 heavy (non-hydrogen) atoms. The van der Waals surface area contributed by atoms with E-state index in [0.717, 1.165) is 23.4 Å². The molecule has 0 amide bonds. The van der Waals surface area contributed by atoms with Crippen molar-refractivity contribution in [1.29, 1.82) is 0 Å². The summed E-state index contributed by atoms with van der Waals surface area (Å²) in [5.41, 5.74) is 2.16. The van der Waals surface area contributed by atoms with E-state index in [9.17, 15) is 4.79 Å². The SMILES string of the molecule is CCc1cc(NCCCC(=O)O)ccc1OC. The van der Waals surface area contributed by atoms with Crippen LogP contribution in [0.3, 0.4) is 0 Å². The van der Waals surface area contributed by atoms with Gasteiger partial charge < -0.3 is 15.2 Å². The van der Waals surface area contributed by atoms with E-state index >= 15 is 0 Å². The molecule has 0 aliphatic carbocycles. The van der Waals surface area contributed by atoms with Crippen LogP contribution in [-0.2, 0) is 11.2 Å². The first-order valence-electron chi connectivity index (χ1n) is 5.80. The predicted octanol–water partition coefficient (Wildman–Crippen LogP) is 2.53. The van der Waals surface area contributed by atoms with E-state index in [1.54, 1.807) is 7.11 Å². The Bertz CT molecular complexity index is 377. The molecule has 0 radical (unpaired) electrons. The van der Waals surface area contributed by atoms with Gasteiger partial charge in [-0.1, -0.05) is 6.92 Å². The first-order chi connectivity index (χ1) is 8.17. The summed E-state index contributed by atoms with van der Waals surface area (Å²) in [4.78, 5) is 10.4. The third kappa shape index (κ3) is 4.34. The molecule has 4 heteroatoms. The zero-order valence-corrected chi connectivity index (χ0v) is 10.3. The van der Waals surface area contributed by atoms with Crippen LogP contribution in [0.15, 0.2) is 18.2 Å². The van der Waals surface area contributed by atoms with E-state index < -0.39 is 5.97 Å². The summed E-state index contributed by atoms with van der Waals surface area (Å²) in [5.74, 6) is 0.138. The molecule has 0 aromatic heterocycles. The molecule has 2 N–H and O–H groups in total. The monoisotopic (exact) mass is 237 g/mol. The summed E-state index contributed by atoms with van der Waals surface area (Å²) in [6, 6.07) is 5.91. The van der Waals surface area contributed by atoms with Gasteiger partial charge in [0.05, 0.1) is 7.11 Å². The van der Waals surface area contributed by atoms with Crippen molar-refractivity contribution in [3.8, 4) is 5.75 Å². The van der Waals surface area contributed by atoms with Crippen LogP contribution in [0.4, 0.5) is 5.69 Å². The van der Waals surface area contributed by atoms with Gasteiger partial charge in [0, 0.05) is 18.7 Å². The Morgan fingerprint density at radius 1 is 1.47 bits per heavy atom. The van der Waals surface area contributed by atoms with E-state index in [1.807, 2.05) is 18.2 Å². The minimum Gasteiger partial charge on any atom is -0.496 e. The molecule has 0 aliphatic heterocycles. The van der Waals surface area contributed by atoms with Crippen molar-refractivity contribution in [2.24, 2.45) is 0 Å². The topological polar surface area (TPSA) is 58.6 Å². The number of benzene rings is 1. The fraction of sp³-hybridized carbons (Fsp3) is 0.462. The molecule has 94 valence electrons. The van der Waals surface area contributed by atoms with Crippen LogP contribution in [0.1, 0.15) is 25.3 Å². The number of hydrogen-bond acceptors (Lipinski definition) is 3. The van der Waals surface area contributed by atoms with Crippen LogP contribution < -0.4 is 10.1 Å². The predicted molar refractivity (Wildman–Crippen MR) is 67.7 cm³/mol. The Kier molecular flexibility index (Phi) is 5.33. The molecule has 1 rings (SSSR count). The van der Waals surface area contributed by atoms with Crippen LogP contribution in [0.25, 0.3) is 0 Å². The molecule has 1 aromatic rings. The second-order valence-electron chi connectivity index (χ2n) is 3.80. The van der Waals surface area contributed by atoms with Crippen molar-refractivity contribution in [1.82, 2.24) is 0 Å². The molecule has 0 spiro atoms. The van der Waals surface area contributed by atoms with Gasteiger partial charge in [-0.3, -0.25) is 4.79 Å². The summed E-state index contributed by atoms with van der Waals surface area (Å²) in [6.45, 7) is 2.74. The number of nitrogens with one attached hydrogen (secondary N) is 1. The second kappa shape index (κ2) is 6.78. The minimum absolute atomic E-state index is 0.198. The van der Waals surface area contributed by atoms with Crippen molar-refractivity contribution < 1.29 is 14.6 Å². The molecule has 0 unspecified atom stereocenters. The van der Waals surface area contributed by atoms with E-state index in [2.05, 4.69) is 12.2 Å².